The van der Waals surface area contributed by atoms with Crippen molar-refractivity contribution in [2.45, 2.75) is 25.7 Å². The summed E-state index contributed by atoms with van der Waals surface area (Å²) in [7, 11) is 0. The normalized spacial score (nSPS) is 14.5. The molecule has 0 saturated heterocycles. The third-order valence-corrected chi connectivity index (χ3v) is 10.4. The van der Waals surface area contributed by atoms with E-state index in [1.807, 2.05) is 0 Å². The second-order valence-corrected chi connectivity index (χ2v) is 13.1. The van der Waals surface area contributed by atoms with Crippen LogP contribution >= 0.6 is 0 Å². The SMILES string of the molecule is C1=CCCC(N(c2ccccc2)c2ccc(-n3c4cc(-c5ccccc5)cc5c4c4c6c(ccc43)CCC=C6c3ccccc3-5)cc2)=C1. The first-order valence-electron chi connectivity index (χ1n) is 17.1. The quantitative estimate of drug-likeness (QED) is 0.187. The second kappa shape index (κ2) is 10.9. The molecule has 6 aromatic carbocycles. The van der Waals surface area contributed by atoms with Gasteiger partial charge < -0.3 is 9.47 Å². The molecule has 0 bridgehead atoms. The number of aromatic nitrogens is 1. The van der Waals surface area contributed by atoms with Crippen molar-refractivity contribution in [2.75, 3.05) is 4.90 Å². The minimum absolute atomic E-state index is 1.02. The van der Waals surface area contributed by atoms with E-state index >= 15 is 0 Å². The Morgan fingerprint density at radius 1 is 0.542 bits per heavy atom. The zero-order valence-electron chi connectivity index (χ0n) is 26.7. The van der Waals surface area contributed by atoms with Crippen molar-refractivity contribution in [1.82, 2.24) is 4.57 Å². The van der Waals surface area contributed by atoms with Gasteiger partial charge in [0.2, 0.25) is 0 Å². The van der Waals surface area contributed by atoms with Crippen LogP contribution in [0.1, 0.15) is 36.0 Å². The highest BCUT2D eigenvalue weighted by molar-refractivity contribution is 6.24. The van der Waals surface area contributed by atoms with Gasteiger partial charge >= 0.3 is 0 Å². The lowest BCUT2D eigenvalue weighted by Gasteiger charge is -2.29. The third kappa shape index (κ3) is 4.12. The van der Waals surface area contributed by atoms with Gasteiger partial charge in [-0.2, -0.15) is 0 Å². The molecular weight excluding hydrogens is 581 g/mol. The summed E-state index contributed by atoms with van der Waals surface area (Å²) >= 11 is 0. The number of allylic oxidation sites excluding steroid dienone is 5. The molecular formula is C46H34N2. The number of anilines is 2. The first kappa shape index (κ1) is 27.3. The van der Waals surface area contributed by atoms with Gasteiger partial charge in [-0.1, -0.05) is 97.1 Å². The standard InChI is InChI=1S/C46H34N2/c1-4-13-31(14-5-1)33-29-41-39-21-11-10-20-38(39)40-22-12-15-32-23-28-42-46(44(32)40)45(41)43(30-33)48(42)37-26-24-36(25-27-37)47(34-16-6-2-7-17-34)35-18-8-3-9-19-35/h1-8,10-11,13-14,16-18,20-30H,9,12,15,19H2. The van der Waals surface area contributed by atoms with Gasteiger partial charge in [0.25, 0.3) is 0 Å². The van der Waals surface area contributed by atoms with Crippen molar-refractivity contribution < 1.29 is 0 Å². The molecule has 0 radical (unpaired) electrons. The fraction of sp³-hybridized carbons (Fsp3) is 0.0870. The maximum atomic E-state index is 2.51. The van der Waals surface area contributed by atoms with E-state index in [2.05, 4.69) is 167 Å². The smallest absolute Gasteiger partial charge is 0.0553 e. The maximum Gasteiger partial charge on any atom is 0.0553 e. The van der Waals surface area contributed by atoms with Crippen LogP contribution in [-0.4, -0.2) is 4.57 Å². The minimum atomic E-state index is 1.02. The van der Waals surface area contributed by atoms with E-state index in [-0.39, 0.29) is 0 Å². The fourth-order valence-electron chi connectivity index (χ4n) is 8.33. The van der Waals surface area contributed by atoms with Gasteiger partial charge in [0.15, 0.2) is 0 Å². The predicted molar refractivity (Wildman–Crippen MR) is 202 cm³/mol. The van der Waals surface area contributed by atoms with Crippen LogP contribution in [0.3, 0.4) is 0 Å². The molecule has 3 aliphatic rings. The molecule has 0 atom stereocenters. The van der Waals surface area contributed by atoms with E-state index < -0.39 is 0 Å². The Bertz CT molecular complexity index is 2470. The van der Waals surface area contributed by atoms with Crippen molar-refractivity contribution in [2.24, 2.45) is 0 Å². The van der Waals surface area contributed by atoms with E-state index in [4.69, 9.17) is 0 Å². The van der Waals surface area contributed by atoms with Crippen molar-refractivity contribution >= 4 is 38.8 Å². The average molecular weight is 615 g/mol. The van der Waals surface area contributed by atoms with Gasteiger partial charge in [-0.25, -0.2) is 0 Å². The zero-order valence-corrected chi connectivity index (χ0v) is 26.7. The number of hydrogen-bond acceptors (Lipinski definition) is 1. The highest BCUT2D eigenvalue weighted by Gasteiger charge is 2.29. The monoisotopic (exact) mass is 614 g/mol. The molecule has 3 aliphatic carbocycles. The molecule has 0 aliphatic heterocycles. The van der Waals surface area contributed by atoms with Gasteiger partial charge in [-0.15, -0.1) is 0 Å². The van der Waals surface area contributed by atoms with Crippen LogP contribution in [0.4, 0.5) is 11.4 Å². The number of benzene rings is 6. The molecule has 228 valence electrons. The van der Waals surface area contributed by atoms with E-state index in [0.29, 0.717) is 0 Å². The van der Waals surface area contributed by atoms with Crippen LogP contribution < -0.4 is 4.90 Å². The zero-order chi connectivity index (χ0) is 31.6. The molecule has 0 unspecified atom stereocenters. The lowest BCUT2D eigenvalue weighted by atomic mass is 9.84. The lowest BCUT2D eigenvalue weighted by Crippen LogP contribution is -2.17. The van der Waals surface area contributed by atoms with Crippen LogP contribution in [0.15, 0.2) is 163 Å². The van der Waals surface area contributed by atoms with Crippen molar-refractivity contribution in [3.05, 3.63) is 180 Å². The molecule has 48 heavy (non-hydrogen) atoms. The van der Waals surface area contributed by atoms with Crippen LogP contribution in [0, 0.1) is 0 Å². The highest BCUT2D eigenvalue weighted by Crippen LogP contribution is 2.51. The molecule has 2 nitrogen and oxygen atoms in total. The summed E-state index contributed by atoms with van der Waals surface area (Å²) in [5.74, 6) is 0. The molecule has 1 heterocycles. The van der Waals surface area contributed by atoms with Gasteiger partial charge in [-0.05, 0) is 131 Å². The molecule has 10 rings (SSSR count). The van der Waals surface area contributed by atoms with Gasteiger partial charge in [0.1, 0.15) is 0 Å². The topological polar surface area (TPSA) is 8.17 Å². The lowest BCUT2D eigenvalue weighted by molar-refractivity contribution is 0.917. The van der Waals surface area contributed by atoms with Gasteiger partial charge in [0.05, 0.1) is 11.0 Å². The number of para-hydroxylation sites is 1. The predicted octanol–water partition coefficient (Wildman–Crippen LogP) is 12.2. The van der Waals surface area contributed by atoms with Crippen LogP contribution in [0.25, 0.3) is 55.3 Å². The summed E-state index contributed by atoms with van der Waals surface area (Å²) in [6.45, 7) is 0. The fourth-order valence-corrected chi connectivity index (χ4v) is 8.33. The first-order chi connectivity index (χ1) is 23.8. The van der Waals surface area contributed by atoms with E-state index in [1.165, 1.54) is 89.1 Å². The van der Waals surface area contributed by atoms with Crippen LogP contribution in [-0.2, 0) is 6.42 Å². The number of rotatable bonds is 5. The van der Waals surface area contributed by atoms with Gasteiger partial charge in [0, 0.05) is 33.5 Å². The molecule has 0 fully saturated rings. The van der Waals surface area contributed by atoms with Crippen LogP contribution in [0.5, 0.6) is 0 Å². The van der Waals surface area contributed by atoms with E-state index in [9.17, 15) is 0 Å². The summed E-state index contributed by atoms with van der Waals surface area (Å²) in [6.07, 6.45) is 13.4. The Morgan fingerprint density at radius 2 is 1.29 bits per heavy atom. The molecule has 0 spiro atoms. The Morgan fingerprint density at radius 3 is 2.08 bits per heavy atom. The summed E-state index contributed by atoms with van der Waals surface area (Å²) in [5, 5.41) is 2.74. The summed E-state index contributed by atoms with van der Waals surface area (Å²) in [6, 6.07) is 49.5. The van der Waals surface area contributed by atoms with Crippen molar-refractivity contribution in [3.8, 4) is 27.9 Å². The molecule has 2 heteroatoms. The number of fused-ring (bicyclic) bond motifs is 3. The molecule has 0 amide bonds. The Kier molecular flexibility index (Phi) is 6.17. The molecule has 7 aromatic rings. The average Bonchev–Trinajstić information content (AvgIpc) is 3.44. The molecule has 0 N–H and O–H groups in total. The summed E-state index contributed by atoms with van der Waals surface area (Å²) in [5.41, 5.74) is 18.1. The molecule has 0 saturated carbocycles. The highest BCUT2D eigenvalue weighted by atomic mass is 15.1. The number of nitrogens with zero attached hydrogens (tertiary/aromatic N) is 2. The maximum absolute atomic E-state index is 2.51. The van der Waals surface area contributed by atoms with E-state index in [1.54, 1.807) is 0 Å². The Labute approximate surface area is 281 Å². The molecule has 1 aromatic heterocycles. The van der Waals surface area contributed by atoms with E-state index in [0.717, 1.165) is 25.7 Å². The summed E-state index contributed by atoms with van der Waals surface area (Å²) < 4.78 is 2.51. The Balaban J connectivity index is 1.25. The van der Waals surface area contributed by atoms with Crippen LogP contribution in [0.2, 0.25) is 0 Å². The summed E-state index contributed by atoms with van der Waals surface area (Å²) in [4.78, 5) is 2.41. The van der Waals surface area contributed by atoms with Crippen molar-refractivity contribution in [1.29, 1.82) is 0 Å². The van der Waals surface area contributed by atoms with Crippen molar-refractivity contribution in [3.63, 3.8) is 0 Å². The second-order valence-electron chi connectivity index (χ2n) is 13.1. The minimum Gasteiger partial charge on any atom is -0.314 e. The number of aryl methyl sites for hydroxylation is 1. The first-order valence-corrected chi connectivity index (χ1v) is 17.1. The largest absolute Gasteiger partial charge is 0.314 e. The van der Waals surface area contributed by atoms with Gasteiger partial charge in [-0.3, -0.25) is 0 Å². The third-order valence-electron chi connectivity index (χ3n) is 10.4. The number of hydrogen-bond donors (Lipinski definition) is 0. The Hall–Kier alpha value is -5.86.